The number of hydrogen-bond acceptors (Lipinski definition) is 5. The van der Waals surface area contributed by atoms with E-state index in [9.17, 15) is 9.59 Å². The van der Waals surface area contributed by atoms with Crippen molar-refractivity contribution in [2.75, 3.05) is 5.32 Å². The van der Waals surface area contributed by atoms with Crippen molar-refractivity contribution in [2.45, 2.75) is 40.2 Å². The number of carbonyl (C=O) groups is 1. The molecule has 6 heteroatoms. The molecular formula is C18H20N2O4. The molecule has 3 rings (SSSR count). The zero-order valence-electron chi connectivity index (χ0n) is 14.2. The topological polar surface area (TPSA) is 80.9 Å². The molecule has 0 saturated carbocycles. The number of aryl methyl sites for hydroxylation is 2. The fourth-order valence-corrected chi connectivity index (χ4v) is 2.69. The van der Waals surface area contributed by atoms with Crippen molar-refractivity contribution in [3.63, 3.8) is 0 Å². The van der Waals surface area contributed by atoms with Gasteiger partial charge in [-0.3, -0.25) is 4.79 Å². The summed E-state index contributed by atoms with van der Waals surface area (Å²) < 4.78 is 5.21. The zero-order chi connectivity index (χ0) is 17.4. The third-order valence-corrected chi connectivity index (χ3v) is 4.20. The summed E-state index contributed by atoms with van der Waals surface area (Å²) in [5, 5.41) is 7.66. The molecule has 0 saturated heterocycles. The summed E-state index contributed by atoms with van der Waals surface area (Å²) in [5.74, 6) is 0.0302. The second kappa shape index (κ2) is 6.11. The molecule has 2 heterocycles. The monoisotopic (exact) mass is 328 g/mol. The summed E-state index contributed by atoms with van der Waals surface area (Å²) in [6.07, 6.45) is -0.100. The molecule has 1 N–H and O–H groups in total. The van der Waals surface area contributed by atoms with Crippen LogP contribution in [0.1, 0.15) is 31.4 Å². The Morgan fingerprint density at radius 3 is 2.67 bits per heavy atom. The Balaban J connectivity index is 1.84. The van der Waals surface area contributed by atoms with Crippen LogP contribution < -0.4 is 10.9 Å². The van der Waals surface area contributed by atoms with Crippen LogP contribution in [0.25, 0.3) is 11.0 Å². The Bertz CT molecular complexity index is 896. The number of hydrogen-bond donors (Lipinski definition) is 1. The van der Waals surface area contributed by atoms with E-state index in [4.69, 9.17) is 9.25 Å². The number of nitrogens with one attached hydrogen (secondary N) is 1. The van der Waals surface area contributed by atoms with Crippen molar-refractivity contribution in [1.29, 1.82) is 0 Å². The van der Waals surface area contributed by atoms with Gasteiger partial charge in [0.15, 0.2) is 0 Å². The van der Waals surface area contributed by atoms with Gasteiger partial charge in [-0.1, -0.05) is 19.0 Å². The lowest BCUT2D eigenvalue weighted by Gasteiger charge is -2.13. The van der Waals surface area contributed by atoms with E-state index in [1.807, 2.05) is 33.8 Å². The van der Waals surface area contributed by atoms with E-state index in [0.29, 0.717) is 17.7 Å². The van der Waals surface area contributed by atoms with Gasteiger partial charge in [0.05, 0.1) is 5.71 Å². The quantitative estimate of drug-likeness (QED) is 0.878. The number of amides is 1. The normalized spacial score (nSPS) is 17.0. The third-order valence-electron chi connectivity index (χ3n) is 4.20. The first kappa shape index (κ1) is 16.2. The maximum atomic E-state index is 12.4. The van der Waals surface area contributed by atoms with Crippen molar-refractivity contribution in [1.82, 2.24) is 0 Å². The lowest BCUT2D eigenvalue weighted by Crippen LogP contribution is -2.28. The highest BCUT2D eigenvalue weighted by Gasteiger charge is 2.29. The van der Waals surface area contributed by atoms with Gasteiger partial charge in [0.1, 0.15) is 5.58 Å². The molecule has 0 spiro atoms. The minimum Gasteiger partial charge on any atom is -0.423 e. The highest BCUT2D eigenvalue weighted by Crippen LogP contribution is 2.26. The maximum Gasteiger partial charge on any atom is 0.336 e. The van der Waals surface area contributed by atoms with Gasteiger partial charge in [-0.05, 0) is 43.0 Å². The Labute approximate surface area is 139 Å². The molecule has 1 aromatic carbocycles. The molecule has 0 aliphatic carbocycles. The van der Waals surface area contributed by atoms with E-state index in [1.165, 1.54) is 6.07 Å². The van der Waals surface area contributed by atoms with Crippen LogP contribution in [0.4, 0.5) is 5.69 Å². The van der Waals surface area contributed by atoms with Crippen LogP contribution in [-0.2, 0) is 9.63 Å². The van der Waals surface area contributed by atoms with Crippen molar-refractivity contribution in [3.8, 4) is 0 Å². The Kier molecular flexibility index (Phi) is 4.13. The van der Waals surface area contributed by atoms with Crippen molar-refractivity contribution in [3.05, 3.63) is 39.7 Å². The van der Waals surface area contributed by atoms with E-state index in [0.717, 1.165) is 22.2 Å². The second-order valence-electron chi connectivity index (χ2n) is 6.44. The predicted octanol–water partition coefficient (Wildman–Crippen LogP) is 3.15. The summed E-state index contributed by atoms with van der Waals surface area (Å²) in [6.45, 7) is 7.73. The average Bonchev–Trinajstić information content (AvgIpc) is 2.98. The molecule has 24 heavy (non-hydrogen) atoms. The van der Waals surface area contributed by atoms with Gasteiger partial charge in [-0.2, -0.15) is 0 Å². The molecule has 6 nitrogen and oxygen atoms in total. The van der Waals surface area contributed by atoms with Crippen molar-refractivity contribution in [2.24, 2.45) is 11.1 Å². The van der Waals surface area contributed by atoms with Crippen LogP contribution in [0.2, 0.25) is 0 Å². The molecule has 0 fully saturated rings. The fraction of sp³-hybridized carbons (Fsp3) is 0.389. The smallest absolute Gasteiger partial charge is 0.336 e. The van der Waals surface area contributed by atoms with Crippen molar-refractivity contribution < 1.29 is 14.0 Å². The largest absolute Gasteiger partial charge is 0.423 e. The highest BCUT2D eigenvalue weighted by molar-refractivity contribution is 6.01. The molecule has 1 amide bonds. The first-order chi connectivity index (χ1) is 11.3. The van der Waals surface area contributed by atoms with Gasteiger partial charge >= 0.3 is 5.63 Å². The first-order valence-corrected chi connectivity index (χ1v) is 7.93. The van der Waals surface area contributed by atoms with Gasteiger partial charge in [0.25, 0.3) is 5.91 Å². The van der Waals surface area contributed by atoms with Gasteiger partial charge in [-0.15, -0.1) is 0 Å². The third kappa shape index (κ3) is 3.04. The summed E-state index contributed by atoms with van der Waals surface area (Å²) in [7, 11) is 0. The Morgan fingerprint density at radius 2 is 2.00 bits per heavy atom. The number of benzene rings is 1. The van der Waals surface area contributed by atoms with Crippen molar-refractivity contribution >= 4 is 28.3 Å². The van der Waals surface area contributed by atoms with Crippen LogP contribution in [0.15, 0.2) is 32.6 Å². The highest BCUT2D eigenvalue weighted by atomic mass is 16.6. The molecule has 1 aromatic heterocycles. The molecular weight excluding hydrogens is 308 g/mol. The van der Waals surface area contributed by atoms with Gasteiger partial charge in [-0.25, -0.2) is 4.79 Å². The molecule has 126 valence electrons. The Hall–Kier alpha value is -2.63. The minimum atomic E-state index is -0.604. The van der Waals surface area contributed by atoms with E-state index in [-0.39, 0.29) is 17.5 Å². The number of nitrogens with zero attached hydrogens (tertiary/aromatic N) is 1. The Morgan fingerprint density at radius 1 is 1.25 bits per heavy atom. The number of anilines is 1. The summed E-state index contributed by atoms with van der Waals surface area (Å²) >= 11 is 0. The van der Waals surface area contributed by atoms with Crippen LogP contribution in [0.3, 0.4) is 0 Å². The lowest BCUT2D eigenvalue weighted by molar-refractivity contribution is -0.125. The van der Waals surface area contributed by atoms with Gasteiger partial charge < -0.3 is 14.6 Å². The van der Waals surface area contributed by atoms with E-state index < -0.39 is 6.10 Å². The van der Waals surface area contributed by atoms with E-state index in [1.54, 1.807) is 6.07 Å². The maximum absolute atomic E-state index is 12.4. The molecule has 2 aromatic rings. The zero-order valence-corrected chi connectivity index (χ0v) is 14.2. The standard InChI is InChI=1S/C18H20N2O4/c1-9(2)13-8-16(24-20-13)18(22)19-14-7-12-10(3)6-17(21)23-15(12)5-11(14)4/h5-7,9,16H,8H2,1-4H3,(H,19,22)/t16-/m1/s1. The van der Waals surface area contributed by atoms with Crippen LogP contribution in [0.5, 0.6) is 0 Å². The number of rotatable bonds is 3. The first-order valence-electron chi connectivity index (χ1n) is 7.93. The SMILES string of the molecule is Cc1cc2oc(=O)cc(C)c2cc1NC(=O)[C@H]1CC(C(C)C)=NO1. The summed E-state index contributed by atoms with van der Waals surface area (Å²) in [6, 6.07) is 5.01. The van der Waals surface area contributed by atoms with Crippen LogP contribution in [-0.4, -0.2) is 17.7 Å². The van der Waals surface area contributed by atoms with Gasteiger partial charge in [0.2, 0.25) is 6.10 Å². The van der Waals surface area contributed by atoms with Gasteiger partial charge in [0, 0.05) is 23.6 Å². The number of carbonyl (C=O) groups excluding carboxylic acids is 1. The molecule has 1 aliphatic rings. The number of fused-ring (bicyclic) bond motifs is 1. The molecule has 0 bridgehead atoms. The van der Waals surface area contributed by atoms with Crippen LogP contribution >= 0.6 is 0 Å². The molecule has 1 aliphatic heterocycles. The predicted molar refractivity (Wildman–Crippen MR) is 92.4 cm³/mol. The minimum absolute atomic E-state index is 0.230. The number of oxime groups is 1. The second-order valence-corrected chi connectivity index (χ2v) is 6.44. The van der Waals surface area contributed by atoms with Crippen LogP contribution in [0, 0.1) is 19.8 Å². The van der Waals surface area contributed by atoms with E-state index >= 15 is 0 Å². The average molecular weight is 328 g/mol. The fourth-order valence-electron chi connectivity index (χ4n) is 2.69. The summed E-state index contributed by atoms with van der Waals surface area (Å²) in [4.78, 5) is 29.1. The molecule has 0 radical (unpaired) electrons. The van der Waals surface area contributed by atoms with E-state index in [2.05, 4.69) is 10.5 Å². The molecule has 1 atom stereocenters. The molecule has 0 unspecified atom stereocenters. The summed E-state index contributed by atoms with van der Waals surface area (Å²) in [5.41, 5.74) is 3.31. The lowest BCUT2D eigenvalue weighted by atomic mass is 10.0.